The molecule has 0 saturated heterocycles. The summed E-state index contributed by atoms with van der Waals surface area (Å²) in [5, 5.41) is 14.6. The predicted octanol–water partition coefficient (Wildman–Crippen LogP) is 4.07. The molecule has 2 atom stereocenters. The molecular formula is C23H22N4O4. The number of benzene rings is 2. The van der Waals surface area contributed by atoms with Gasteiger partial charge in [0.1, 0.15) is 11.5 Å². The van der Waals surface area contributed by atoms with E-state index in [9.17, 15) is 4.79 Å². The third-order valence-corrected chi connectivity index (χ3v) is 5.87. The first-order chi connectivity index (χ1) is 15.2. The first-order valence-corrected chi connectivity index (χ1v) is 10.1. The molecule has 8 heteroatoms. The van der Waals surface area contributed by atoms with Crippen LogP contribution in [0.5, 0.6) is 11.5 Å². The zero-order valence-corrected chi connectivity index (χ0v) is 17.2. The highest BCUT2D eigenvalue weighted by atomic mass is 16.6. The number of hydrogen-bond donors (Lipinski definition) is 2. The number of rotatable bonds is 4. The minimum Gasteiger partial charge on any atom is -0.497 e. The zero-order valence-electron chi connectivity index (χ0n) is 17.2. The number of anilines is 2. The summed E-state index contributed by atoms with van der Waals surface area (Å²) in [6.45, 7) is 0. The largest absolute Gasteiger partial charge is 0.497 e. The van der Waals surface area contributed by atoms with E-state index in [0.29, 0.717) is 35.8 Å². The molecule has 5 rings (SSSR count). The van der Waals surface area contributed by atoms with Crippen molar-refractivity contribution in [3.8, 4) is 11.5 Å². The molecule has 2 N–H and O–H groups in total. The fourth-order valence-corrected chi connectivity index (χ4v) is 4.35. The van der Waals surface area contributed by atoms with Crippen LogP contribution in [0.4, 0.5) is 11.6 Å². The van der Waals surface area contributed by atoms with Crippen LogP contribution in [0.25, 0.3) is 0 Å². The number of carbonyl (C=O) groups is 1. The van der Waals surface area contributed by atoms with Crippen LogP contribution in [-0.2, 0) is 4.79 Å². The van der Waals surface area contributed by atoms with E-state index in [1.165, 1.54) is 0 Å². The van der Waals surface area contributed by atoms with Crippen LogP contribution in [0.3, 0.4) is 0 Å². The van der Waals surface area contributed by atoms with E-state index in [2.05, 4.69) is 20.9 Å². The topological polar surface area (TPSA) is 98.5 Å². The molecule has 0 amide bonds. The van der Waals surface area contributed by atoms with E-state index in [1.807, 2.05) is 48.5 Å². The second kappa shape index (κ2) is 7.79. The molecule has 0 spiro atoms. The number of Topliss-reactive ketones (excluding diaryl/α,β-unsaturated/α-hetero) is 1. The second-order valence-electron chi connectivity index (χ2n) is 7.60. The van der Waals surface area contributed by atoms with Crippen molar-refractivity contribution in [3.63, 3.8) is 0 Å². The highest BCUT2D eigenvalue weighted by Crippen LogP contribution is 2.45. The Bertz CT molecular complexity index is 1150. The van der Waals surface area contributed by atoms with Crippen molar-refractivity contribution in [1.29, 1.82) is 0 Å². The van der Waals surface area contributed by atoms with E-state index in [1.54, 1.807) is 14.2 Å². The number of ketones is 1. The molecule has 2 aromatic carbocycles. The fraction of sp³-hybridized carbons (Fsp3) is 0.261. The van der Waals surface area contributed by atoms with Crippen LogP contribution in [0.2, 0.25) is 0 Å². The number of para-hydroxylation sites is 1. The lowest BCUT2D eigenvalue weighted by Gasteiger charge is -2.30. The van der Waals surface area contributed by atoms with Crippen molar-refractivity contribution in [3.05, 3.63) is 70.9 Å². The summed E-state index contributed by atoms with van der Waals surface area (Å²) >= 11 is 0. The molecule has 1 aromatic heterocycles. The summed E-state index contributed by atoms with van der Waals surface area (Å²) in [4.78, 5) is 13.5. The Hall–Kier alpha value is -3.81. The van der Waals surface area contributed by atoms with Gasteiger partial charge in [-0.2, -0.15) is 0 Å². The number of hydrogen-bond acceptors (Lipinski definition) is 8. The molecule has 1 aliphatic heterocycles. The number of nitrogens with one attached hydrogen (secondary N) is 2. The molecule has 158 valence electrons. The van der Waals surface area contributed by atoms with E-state index < -0.39 is 6.04 Å². The number of aromatic nitrogens is 2. The van der Waals surface area contributed by atoms with Gasteiger partial charge in [-0.15, -0.1) is 0 Å². The zero-order chi connectivity index (χ0) is 21.4. The molecule has 0 unspecified atom stereocenters. The van der Waals surface area contributed by atoms with Gasteiger partial charge in [-0.05, 0) is 46.4 Å². The van der Waals surface area contributed by atoms with Gasteiger partial charge in [0.2, 0.25) is 11.6 Å². The number of fused-ring (bicyclic) bond motifs is 1. The minimum absolute atomic E-state index is 0.0457. The summed E-state index contributed by atoms with van der Waals surface area (Å²) in [6, 6.07) is 15.1. The van der Waals surface area contributed by atoms with E-state index in [-0.39, 0.29) is 11.7 Å². The van der Waals surface area contributed by atoms with Gasteiger partial charge in [0, 0.05) is 23.3 Å². The molecule has 2 aliphatic rings. The molecule has 2 heterocycles. The first kappa shape index (κ1) is 19.2. The van der Waals surface area contributed by atoms with Gasteiger partial charge < -0.3 is 20.1 Å². The van der Waals surface area contributed by atoms with Crippen LogP contribution in [0.15, 0.2) is 64.4 Å². The van der Waals surface area contributed by atoms with Gasteiger partial charge in [0.05, 0.1) is 20.3 Å². The fourth-order valence-electron chi connectivity index (χ4n) is 4.35. The van der Waals surface area contributed by atoms with Gasteiger partial charge in [0.15, 0.2) is 5.78 Å². The van der Waals surface area contributed by atoms with Crippen molar-refractivity contribution >= 4 is 17.4 Å². The van der Waals surface area contributed by atoms with Crippen LogP contribution in [0.1, 0.15) is 35.9 Å². The third kappa shape index (κ3) is 3.39. The summed E-state index contributed by atoms with van der Waals surface area (Å²) in [7, 11) is 3.26. The van der Waals surface area contributed by atoms with Gasteiger partial charge in [0.25, 0.3) is 0 Å². The average Bonchev–Trinajstić information content (AvgIpc) is 3.17. The number of allylic oxidation sites excluding steroid dienone is 1. The highest BCUT2D eigenvalue weighted by Gasteiger charge is 2.38. The quantitative estimate of drug-likeness (QED) is 0.654. The molecule has 0 saturated carbocycles. The van der Waals surface area contributed by atoms with E-state index in [0.717, 1.165) is 22.6 Å². The van der Waals surface area contributed by atoms with Crippen LogP contribution < -0.4 is 20.1 Å². The normalized spacial score (nSPS) is 20.1. The minimum atomic E-state index is -0.434. The Labute approximate surface area is 179 Å². The van der Waals surface area contributed by atoms with Gasteiger partial charge in [-0.3, -0.25) is 4.79 Å². The monoisotopic (exact) mass is 418 g/mol. The molecule has 31 heavy (non-hydrogen) atoms. The van der Waals surface area contributed by atoms with Gasteiger partial charge >= 0.3 is 0 Å². The lowest BCUT2D eigenvalue weighted by molar-refractivity contribution is -0.116. The third-order valence-electron chi connectivity index (χ3n) is 5.87. The maximum atomic E-state index is 13.5. The van der Waals surface area contributed by atoms with Gasteiger partial charge in [-0.1, -0.05) is 30.3 Å². The first-order valence-electron chi connectivity index (χ1n) is 10.1. The van der Waals surface area contributed by atoms with Crippen LogP contribution in [0, 0.1) is 0 Å². The van der Waals surface area contributed by atoms with Crippen molar-refractivity contribution in [2.24, 2.45) is 0 Å². The molecule has 8 nitrogen and oxygen atoms in total. The number of nitrogens with zero attached hydrogens (tertiary/aromatic N) is 2. The summed E-state index contributed by atoms with van der Waals surface area (Å²) in [5.74, 6) is 2.52. The van der Waals surface area contributed by atoms with Crippen molar-refractivity contribution in [2.75, 3.05) is 24.9 Å². The van der Waals surface area contributed by atoms with Crippen molar-refractivity contribution < 1.29 is 18.9 Å². The molecule has 0 fully saturated rings. The molecule has 3 aromatic rings. The van der Waals surface area contributed by atoms with Crippen molar-refractivity contribution in [2.45, 2.75) is 24.8 Å². The Morgan fingerprint density at radius 3 is 2.52 bits per heavy atom. The predicted molar refractivity (Wildman–Crippen MR) is 114 cm³/mol. The lowest BCUT2D eigenvalue weighted by atomic mass is 9.78. The summed E-state index contributed by atoms with van der Waals surface area (Å²) in [5.41, 5.74) is 3.43. The van der Waals surface area contributed by atoms with E-state index >= 15 is 0 Å². The number of carbonyl (C=O) groups excluding carboxylic acids is 1. The Balaban J connectivity index is 1.58. The number of methoxy groups -OCH3 is 2. The van der Waals surface area contributed by atoms with Crippen LogP contribution >= 0.6 is 0 Å². The Morgan fingerprint density at radius 1 is 0.968 bits per heavy atom. The summed E-state index contributed by atoms with van der Waals surface area (Å²) in [6.07, 6.45) is 1.07. The number of ether oxygens (including phenoxy) is 2. The smallest absolute Gasteiger partial charge is 0.219 e. The maximum absolute atomic E-state index is 13.5. The SMILES string of the molecule is COc1ccc([C@@H]2CC(=O)C3=C(C2)Nc2nonc2N[C@@H]3c2ccccc2OC)cc1. The molecule has 0 radical (unpaired) electrons. The maximum Gasteiger partial charge on any atom is 0.219 e. The Kier molecular flexibility index (Phi) is 4.82. The summed E-state index contributed by atoms with van der Waals surface area (Å²) < 4.78 is 15.8. The van der Waals surface area contributed by atoms with Crippen LogP contribution in [-0.4, -0.2) is 30.3 Å². The average molecular weight is 418 g/mol. The lowest BCUT2D eigenvalue weighted by Crippen LogP contribution is -2.27. The molecular weight excluding hydrogens is 396 g/mol. The van der Waals surface area contributed by atoms with Crippen molar-refractivity contribution in [1.82, 2.24) is 10.3 Å². The molecule has 0 bridgehead atoms. The highest BCUT2D eigenvalue weighted by molar-refractivity contribution is 6.01. The van der Waals surface area contributed by atoms with Gasteiger partial charge in [-0.25, -0.2) is 4.63 Å². The second-order valence-corrected chi connectivity index (χ2v) is 7.60. The standard InChI is InChI=1S/C23H22N4O4/c1-29-15-9-7-13(8-10-15)14-11-17-20(18(28)12-14)21(16-5-3-4-6-19(16)30-2)25-23-22(24-17)26-31-27-23/h3-10,14,21H,11-12H2,1-2H3,(H,24,26)(H,25,27)/t14-,21+/m0/s1. The van der Waals surface area contributed by atoms with E-state index in [4.69, 9.17) is 14.1 Å². The molecule has 1 aliphatic carbocycles. The Morgan fingerprint density at radius 2 is 1.74 bits per heavy atom.